The molecule has 0 saturated heterocycles. The van der Waals surface area contributed by atoms with E-state index in [1.807, 2.05) is 58.5 Å². The molecule has 0 fully saturated rings. The van der Waals surface area contributed by atoms with Crippen LogP contribution in [0.15, 0.2) is 115 Å². The van der Waals surface area contributed by atoms with Gasteiger partial charge in [-0.05, 0) is 77.7 Å². The number of hydrogen-bond donors (Lipinski definition) is 2. The number of isothiocyanates is 2. The Morgan fingerprint density at radius 2 is 1.36 bits per heavy atom. The van der Waals surface area contributed by atoms with Crippen molar-refractivity contribution in [3.8, 4) is 22.9 Å². The third-order valence-electron chi connectivity index (χ3n) is 7.27. The first-order chi connectivity index (χ1) is 26.6. The fraction of sp³-hybridized carbons (Fsp3) is 0.0256. The van der Waals surface area contributed by atoms with Crippen molar-refractivity contribution in [2.75, 3.05) is 0 Å². The summed E-state index contributed by atoms with van der Waals surface area (Å²) in [7, 11) is 0. The van der Waals surface area contributed by atoms with E-state index in [4.69, 9.17) is 26.0 Å². The minimum atomic E-state index is -1.08. The SMILES string of the molecule is Fc1ccc(Cn2c(-c3cc(/C=C/c4cccs4)ccn3)nc3ccccc32)c(F)c1.O=C(O)c1ccnc(-c2cc(C(=O)O)ccn2)c1.[N-]=C=S.[N-]=C=S.[Ru+2]. The number of pyridine rings is 3. The van der Waals surface area contributed by atoms with Gasteiger partial charge in [0.05, 0.1) is 40.1 Å². The van der Waals surface area contributed by atoms with Crippen molar-refractivity contribution in [1.82, 2.24) is 24.5 Å². The van der Waals surface area contributed by atoms with Crippen molar-refractivity contribution >= 4 is 81.2 Å². The van der Waals surface area contributed by atoms with Gasteiger partial charge in [0.1, 0.15) is 17.3 Å². The average Bonchev–Trinajstić information content (AvgIpc) is 3.85. The van der Waals surface area contributed by atoms with E-state index in [0.29, 0.717) is 28.5 Å². The van der Waals surface area contributed by atoms with Crippen molar-refractivity contribution < 1.29 is 48.1 Å². The van der Waals surface area contributed by atoms with Gasteiger partial charge in [-0.2, -0.15) is 10.3 Å². The van der Waals surface area contributed by atoms with E-state index in [9.17, 15) is 18.4 Å². The number of para-hydroxylation sites is 2. The second-order valence-electron chi connectivity index (χ2n) is 10.7. The van der Waals surface area contributed by atoms with Gasteiger partial charge in [-0.25, -0.2) is 23.4 Å². The van der Waals surface area contributed by atoms with E-state index < -0.39 is 23.6 Å². The molecule has 11 nitrogen and oxygen atoms in total. The largest absolute Gasteiger partial charge is 2.00 e. The Balaban J connectivity index is 0.000000286. The number of carboxylic acid groups (broad SMARTS) is 2. The molecule has 0 radical (unpaired) electrons. The molecule has 56 heavy (non-hydrogen) atoms. The number of benzene rings is 2. The summed E-state index contributed by atoms with van der Waals surface area (Å²) in [6, 6.07) is 24.7. The number of thiophene rings is 1. The fourth-order valence-electron chi connectivity index (χ4n) is 4.90. The van der Waals surface area contributed by atoms with Gasteiger partial charge in [0.2, 0.25) is 0 Å². The molecule has 0 saturated carbocycles. The predicted molar refractivity (Wildman–Crippen MR) is 215 cm³/mol. The average molecular weight is 891 g/mol. The van der Waals surface area contributed by atoms with Crippen LogP contribution < -0.4 is 0 Å². The van der Waals surface area contributed by atoms with Crippen molar-refractivity contribution in [1.29, 1.82) is 0 Å². The fourth-order valence-corrected chi connectivity index (χ4v) is 5.51. The zero-order valence-corrected chi connectivity index (χ0v) is 32.7. The maximum absolute atomic E-state index is 14.4. The Bertz CT molecular complexity index is 2470. The molecule has 0 aliphatic carbocycles. The summed E-state index contributed by atoms with van der Waals surface area (Å²) in [6.07, 6.45) is 8.51. The number of carbonyl (C=O) groups is 2. The minimum Gasteiger partial charge on any atom is -0.753 e. The summed E-state index contributed by atoms with van der Waals surface area (Å²) >= 11 is 9.07. The Morgan fingerprint density at radius 3 is 1.93 bits per heavy atom. The van der Waals surface area contributed by atoms with Gasteiger partial charge in [0, 0.05) is 35.1 Å². The van der Waals surface area contributed by atoms with Crippen LogP contribution >= 0.6 is 35.8 Å². The number of aromatic nitrogens is 5. The first-order valence-corrected chi connectivity index (χ1v) is 17.3. The molecule has 0 unspecified atom stereocenters. The summed E-state index contributed by atoms with van der Waals surface area (Å²) in [5, 5.41) is 36.7. The molecule has 0 atom stereocenters. The molecule has 0 aliphatic heterocycles. The summed E-state index contributed by atoms with van der Waals surface area (Å²) in [5.41, 5.74) is 4.50. The van der Waals surface area contributed by atoms with Crippen molar-refractivity contribution in [2.24, 2.45) is 0 Å². The zero-order valence-electron chi connectivity index (χ0n) is 28.5. The molecule has 2 aromatic carbocycles. The van der Waals surface area contributed by atoms with Gasteiger partial charge in [-0.15, -0.1) is 11.3 Å². The molecule has 5 heterocycles. The standard InChI is InChI=1S/C25H17F2N3S.C12H8N2O4.2CNS.Ru/c26-19-9-8-18(21(27)15-19)16-30-24-6-2-1-5-22(24)29-25(30)23-14-17(11-12-28-23)7-10-20-4-3-13-31-20;15-11(16)7-1-3-13-9(5-7)10-6-8(12(17)18)2-4-14-10;2*2-1-3;/h1-15H,16H2;1-6H,(H,15,16)(H,17,18);;;/q;;2*-1;+2/b10-7+;;;;. The maximum atomic E-state index is 14.4. The van der Waals surface area contributed by atoms with E-state index in [1.54, 1.807) is 17.5 Å². The molecule has 0 spiro atoms. The number of nitrogens with zero attached hydrogens (tertiary/aromatic N) is 7. The summed E-state index contributed by atoms with van der Waals surface area (Å²) in [6.45, 7) is 0.221. The number of rotatable bonds is 8. The van der Waals surface area contributed by atoms with Crippen molar-refractivity contribution in [3.63, 3.8) is 0 Å². The number of carboxylic acids is 2. The Kier molecular flexibility index (Phi) is 17.6. The molecule has 0 aliphatic rings. The maximum Gasteiger partial charge on any atom is 2.00 e. The van der Waals surface area contributed by atoms with Gasteiger partial charge >= 0.3 is 31.4 Å². The molecule has 7 rings (SSSR count). The van der Waals surface area contributed by atoms with E-state index in [2.05, 4.69) is 51.5 Å². The van der Waals surface area contributed by atoms with Crippen molar-refractivity contribution in [3.05, 3.63) is 165 Å². The topological polar surface area (TPSA) is 176 Å². The third kappa shape index (κ3) is 12.4. The molecule has 17 heteroatoms. The number of halogens is 2. The monoisotopic (exact) mass is 891 g/mol. The molecule has 0 bridgehead atoms. The normalized spacial score (nSPS) is 9.89. The summed E-state index contributed by atoms with van der Waals surface area (Å²) in [5.74, 6) is -2.69. The molecule has 280 valence electrons. The quantitative estimate of drug-likeness (QED) is 0.0849. The van der Waals surface area contributed by atoms with Gasteiger partial charge in [-0.3, -0.25) is 15.0 Å². The first kappa shape index (κ1) is 44.2. The van der Waals surface area contributed by atoms with Crippen LogP contribution in [-0.2, 0) is 26.0 Å². The van der Waals surface area contributed by atoms with Crippen LogP contribution in [0.2, 0.25) is 0 Å². The van der Waals surface area contributed by atoms with E-state index in [1.165, 1.54) is 59.1 Å². The van der Waals surface area contributed by atoms with Crippen LogP contribution in [0, 0.1) is 11.6 Å². The first-order valence-electron chi connectivity index (χ1n) is 15.6. The Morgan fingerprint density at radius 1 is 0.768 bits per heavy atom. The van der Waals surface area contributed by atoms with Crippen LogP contribution in [0.25, 0.3) is 56.9 Å². The number of imidazole rings is 1. The minimum absolute atomic E-state index is 0. The van der Waals surface area contributed by atoms with Crippen LogP contribution in [0.4, 0.5) is 8.78 Å². The van der Waals surface area contributed by atoms with Crippen LogP contribution in [-0.4, -0.2) is 57.0 Å². The van der Waals surface area contributed by atoms with E-state index >= 15 is 0 Å². The predicted octanol–water partition coefficient (Wildman–Crippen LogP) is 9.51. The molecular weight excluding hydrogens is 866 g/mol. The van der Waals surface area contributed by atoms with Crippen LogP contribution in [0.1, 0.15) is 36.7 Å². The van der Waals surface area contributed by atoms with Crippen molar-refractivity contribution in [2.45, 2.75) is 6.54 Å². The molecular formula is C39H25F2N7O4RuS3. The summed E-state index contributed by atoms with van der Waals surface area (Å²) < 4.78 is 29.7. The number of thiocarbonyl (C=S) groups is 2. The Labute approximate surface area is 345 Å². The molecule has 7 aromatic rings. The number of fused-ring (bicyclic) bond motifs is 1. The molecule has 2 N–H and O–H groups in total. The third-order valence-corrected chi connectivity index (χ3v) is 8.11. The van der Waals surface area contributed by atoms with Crippen LogP contribution in [0.5, 0.6) is 0 Å². The summed E-state index contributed by atoms with van der Waals surface area (Å²) in [4.78, 5) is 40.0. The Hall–Kier alpha value is -6.18. The molecule has 5 aromatic heterocycles. The molecule has 0 amide bonds. The van der Waals surface area contributed by atoms with Gasteiger partial charge in [0.25, 0.3) is 0 Å². The second kappa shape index (κ2) is 22.3. The van der Waals surface area contributed by atoms with Gasteiger partial charge < -0.3 is 25.6 Å². The second-order valence-corrected chi connectivity index (χ2v) is 12.1. The zero-order chi connectivity index (χ0) is 39.7. The van der Waals surface area contributed by atoms with Gasteiger partial charge in [0.15, 0.2) is 5.82 Å². The van der Waals surface area contributed by atoms with E-state index in [0.717, 1.165) is 27.5 Å². The number of hydrogen-bond acceptors (Lipinski definition) is 9. The van der Waals surface area contributed by atoms with Gasteiger partial charge in [-0.1, -0.05) is 54.8 Å². The van der Waals surface area contributed by atoms with Crippen LogP contribution in [0.3, 0.4) is 0 Å². The smallest absolute Gasteiger partial charge is 0.753 e. The number of aromatic carboxylic acids is 2. The van der Waals surface area contributed by atoms with E-state index in [-0.39, 0.29) is 37.1 Å².